The molecule has 1 aliphatic carbocycles. The zero-order valence-electron chi connectivity index (χ0n) is 13.2. The predicted molar refractivity (Wildman–Crippen MR) is 83.6 cm³/mol. The summed E-state index contributed by atoms with van der Waals surface area (Å²) in [4.78, 5) is 2.73. The SMILES string of the molecule is CCCC1(CN(C)C2CCCCCC2)CCNCC1. The highest BCUT2D eigenvalue weighted by atomic mass is 15.1. The van der Waals surface area contributed by atoms with Gasteiger partial charge in [-0.15, -0.1) is 0 Å². The van der Waals surface area contributed by atoms with Gasteiger partial charge in [0.05, 0.1) is 0 Å². The summed E-state index contributed by atoms with van der Waals surface area (Å²) in [5, 5.41) is 3.54. The Morgan fingerprint density at radius 3 is 2.26 bits per heavy atom. The van der Waals surface area contributed by atoms with Crippen LogP contribution >= 0.6 is 0 Å². The van der Waals surface area contributed by atoms with Crippen LogP contribution in [0.2, 0.25) is 0 Å². The molecule has 2 heteroatoms. The molecule has 0 amide bonds. The van der Waals surface area contributed by atoms with E-state index >= 15 is 0 Å². The van der Waals surface area contributed by atoms with Gasteiger partial charge in [0, 0.05) is 12.6 Å². The first-order valence-corrected chi connectivity index (χ1v) is 8.67. The van der Waals surface area contributed by atoms with Crippen LogP contribution in [0, 0.1) is 5.41 Å². The number of hydrogen-bond acceptors (Lipinski definition) is 2. The van der Waals surface area contributed by atoms with E-state index in [4.69, 9.17) is 0 Å². The number of rotatable bonds is 5. The number of hydrogen-bond donors (Lipinski definition) is 1. The lowest BCUT2D eigenvalue weighted by atomic mass is 9.74. The van der Waals surface area contributed by atoms with E-state index in [0.717, 1.165) is 6.04 Å². The van der Waals surface area contributed by atoms with Crippen LogP contribution in [0.25, 0.3) is 0 Å². The second kappa shape index (κ2) is 7.64. The van der Waals surface area contributed by atoms with Crippen molar-refractivity contribution in [3.63, 3.8) is 0 Å². The van der Waals surface area contributed by atoms with Crippen molar-refractivity contribution in [1.82, 2.24) is 10.2 Å². The fourth-order valence-electron chi connectivity index (χ4n) is 4.33. The van der Waals surface area contributed by atoms with Crippen LogP contribution in [0.15, 0.2) is 0 Å². The van der Waals surface area contributed by atoms with E-state index in [2.05, 4.69) is 24.2 Å². The fraction of sp³-hybridized carbons (Fsp3) is 1.00. The van der Waals surface area contributed by atoms with Crippen LogP contribution in [0.3, 0.4) is 0 Å². The number of nitrogens with zero attached hydrogens (tertiary/aromatic N) is 1. The van der Waals surface area contributed by atoms with Crippen molar-refractivity contribution in [1.29, 1.82) is 0 Å². The molecule has 1 N–H and O–H groups in total. The number of nitrogens with one attached hydrogen (secondary N) is 1. The summed E-state index contributed by atoms with van der Waals surface area (Å²) < 4.78 is 0. The van der Waals surface area contributed by atoms with Crippen LogP contribution in [0.1, 0.15) is 71.1 Å². The Morgan fingerprint density at radius 1 is 1.05 bits per heavy atom. The fourth-order valence-corrected chi connectivity index (χ4v) is 4.33. The molecule has 0 atom stereocenters. The van der Waals surface area contributed by atoms with Gasteiger partial charge in [0.1, 0.15) is 0 Å². The van der Waals surface area contributed by atoms with E-state index in [-0.39, 0.29) is 0 Å². The summed E-state index contributed by atoms with van der Waals surface area (Å²) in [6.07, 6.45) is 14.3. The molecular weight excluding hydrogens is 232 g/mol. The van der Waals surface area contributed by atoms with Gasteiger partial charge in [-0.05, 0) is 57.7 Å². The maximum absolute atomic E-state index is 3.54. The first-order valence-electron chi connectivity index (χ1n) is 8.67. The average molecular weight is 266 g/mol. The molecule has 2 aliphatic rings. The Labute approximate surface area is 120 Å². The highest BCUT2D eigenvalue weighted by Gasteiger charge is 2.33. The summed E-state index contributed by atoms with van der Waals surface area (Å²) in [6.45, 7) is 6.17. The minimum absolute atomic E-state index is 0.612. The van der Waals surface area contributed by atoms with Gasteiger partial charge < -0.3 is 10.2 Å². The first kappa shape index (κ1) is 15.3. The lowest BCUT2D eigenvalue weighted by Gasteiger charge is -2.42. The summed E-state index contributed by atoms with van der Waals surface area (Å²) >= 11 is 0. The summed E-state index contributed by atoms with van der Waals surface area (Å²) in [5.74, 6) is 0. The molecule has 1 saturated heterocycles. The van der Waals surface area contributed by atoms with Gasteiger partial charge in [0.25, 0.3) is 0 Å². The minimum atomic E-state index is 0.612. The summed E-state index contributed by atoms with van der Waals surface area (Å²) in [7, 11) is 2.40. The zero-order chi connectivity index (χ0) is 13.6. The molecule has 0 bridgehead atoms. The largest absolute Gasteiger partial charge is 0.317 e. The van der Waals surface area contributed by atoms with Crippen LogP contribution in [0.4, 0.5) is 0 Å². The molecule has 1 heterocycles. The lowest BCUT2D eigenvalue weighted by molar-refractivity contribution is 0.0859. The number of piperidine rings is 1. The van der Waals surface area contributed by atoms with E-state index in [1.165, 1.54) is 83.8 Å². The second-order valence-corrected chi connectivity index (χ2v) is 7.06. The molecular formula is C17H34N2. The molecule has 0 aromatic carbocycles. The van der Waals surface area contributed by atoms with E-state index in [1.54, 1.807) is 0 Å². The van der Waals surface area contributed by atoms with Gasteiger partial charge in [0.2, 0.25) is 0 Å². The third-order valence-corrected chi connectivity index (χ3v) is 5.48. The Kier molecular flexibility index (Phi) is 6.15. The van der Waals surface area contributed by atoms with Gasteiger partial charge in [-0.25, -0.2) is 0 Å². The van der Waals surface area contributed by atoms with Crippen LogP contribution in [0.5, 0.6) is 0 Å². The third-order valence-electron chi connectivity index (χ3n) is 5.48. The highest BCUT2D eigenvalue weighted by Crippen LogP contribution is 2.36. The molecule has 0 aromatic heterocycles. The monoisotopic (exact) mass is 266 g/mol. The smallest absolute Gasteiger partial charge is 0.00924 e. The molecule has 0 radical (unpaired) electrons. The Hall–Kier alpha value is -0.0800. The molecule has 112 valence electrons. The molecule has 0 unspecified atom stereocenters. The Morgan fingerprint density at radius 2 is 1.68 bits per heavy atom. The maximum atomic E-state index is 3.54. The molecule has 2 fully saturated rings. The highest BCUT2D eigenvalue weighted by molar-refractivity contribution is 4.88. The van der Waals surface area contributed by atoms with Crippen molar-refractivity contribution >= 4 is 0 Å². The molecule has 0 spiro atoms. The molecule has 1 aliphatic heterocycles. The van der Waals surface area contributed by atoms with Gasteiger partial charge in [-0.2, -0.15) is 0 Å². The van der Waals surface area contributed by atoms with Crippen molar-refractivity contribution in [3.05, 3.63) is 0 Å². The van der Waals surface area contributed by atoms with Gasteiger partial charge in [-0.3, -0.25) is 0 Å². The van der Waals surface area contributed by atoms with E-state index < -0.39 is 0 Å². The van der Waals surface area contributed by atoms with E-state index in [9.17, 15) is 0 Å². The van der Waals surface area contributed by atoms with Gasteiger partial charge in [0.15, 0.2) is 0 Å². The van der Waals surface area contributed by atoms with Crippen LogP contribution in [-0.4, -0.2) is 37.6 Å². The average Bonchev–Trinajstić information content (AvgIpc) is 2.69. The van der Waals surface area contributed by atoms with E-state index in [1.807, 2.05) is 0 Å². The van der Waals surface area contributed by atoms with Gasteiger partial charge in [-0.1, -0.05) is 39.0 Å². The molecule has 0 aromatic rings. The molecule has 19 heavy (non-hydrogen) atoms. The van der Waals surface area contributed by atoms with Crippen molar-refractivity contribution < 1.29 is 0 Å². The standard InChI is InChI=1S/C17H34N2/c1-3-10-17(11-13-18-14-12-17)15-19(2)16-8-6-4-5-7-9-16/h16,18H,3-15H2,1-2H3. The predicted octanol–water partition coefficient (Wildman–Crippen LogP) is 3.81. The van der Waals surface area contributed by atoms with E-state index in [0.29, 0.717) is 5.41 Å². The zero-order valence-corrected chi connectivity index (χ0v) is 13.2. The van der Waals surface area contributed by atoms with Crippen molar-refractivity contribution in [2.45, 2.75) is 77.2 Å². The molecule has 1 saturated carbocycles. The molecule has 2 nitrogen and oxygen atoms in total. The first-order chi connectivity index (χ1) is 9.26. The Balaban J connectivity index is 1.91. The van der Waals surface area contributed by atoms with Crippen molar-refractivity contribution in [3.8, 4) is 0 Å². The van der Waals surface area contributed by atoms with Crippen LogP contribution in [-0.2, 0) is 0 Å². The normalized spacial score (nSPS) is 25.4. The van der Waals surface area contributed by atoms with Crippen molar-refractivity contribution in [2.24, 2.45) is 5.41 Å². The minimum Gasteiger partial charge on any atom is -0.317 e. The van der Waals surface area contributed by atoms with Crippen LogP contribution < -0.4 is 5.32 Å². The second-order valence-electron chi connectivity index (χ2n) is 7.06. The Bertz CT molecular complexity index is 232. The molecule has 2 rings (SSSR count). The summed E-state index contributed by atoms with van der Waals surface area (Å²) in [5.41, 5.74) is 0.612. The van der Waals surface area contributed by atoms with Crippen molar-refractivity contribution in [2.75, 3.05) is 26.7 Å². The topological polar surface area (TPSA) is 15.3 Å². The maximum Gasteiger partial charge on any atom is 0.00924 e. The summed E-state index contributed by atoms with van der Waals surface area (Å²) in [6, 6.07) is 0.867. The van der Waals surface area contributed by atoms with Gasteiger partial charge >= 0.3 is 0 Å². The third kappa shape index (κ3) is 4.46. The lowest BCUT2D eigenvalue weighted by Crippen LogP contribution is -2.46. The quantitative estimate of drug-likeness (QED) is 0.761.